The zero-order valence-corrected chi connectivity index (χ0v) is 14.6. The number of carbonyl (C=O) groups is 1. The van der Waals surface area contributed by atoms with Crippen LogP contribution in [-0.2, 0) is 17.5 Å². The Labute approximate surface area is 157 Å². The predicted molar refractivity (Wildman–Crippen MR) is 91.2 cm³/mol. The van der Waals surface area contributed by atoms with E-state index < -0.39 is 23.7 Å². The molecule has 146 valence electrons. The first-order valence-electron chi connectivity index (χ1n) is 8.23. The fraction of sp³-hybridized carbons (Fsp3) is 0.222. The number of carbonyl (C=O) groups excluding carboxylic acids is 1. The Hall–Kier alpha value is -3.30. The van der Waals surface area contributed by atoms with E-state index in [1.807, 2.05) is 0 Å². The Bertz CT molecular complexity index is 969. The van der Waals surface area contributed by atoms with E-state index in [0.29, 0.717) is 5.56 Å². The number of rotatable bonds is 5. The van der Waals surface area contributed by atoms with Gasteiger partial charge in [-0.1, -0.05) is 24.3 Å². The third-order valence-electron chi connectivity index (χ3n) is 3.98. The van der Waals surface area contributed by atoms with E-state index in [2.05, 4.69) is 20.7 Å². The molecule has 1 amide bonds. The molecule has 28 heavy (non-hydrogen) atoms. The van der Waals surface area contributed by atoms with Crippen LogP contribution in [0.4, 0.5) is 17.6 Å². The van der Waals surface area contributed by atoms with Gasteiger partial charge in [-0.15, -0.1) is 10.2 Å². The Kier molecular flexibility index (Phi) is 5.39. The van der Waals surface area contributed by atoms with Gasteiger partial charge in [0.2, 0.25) is 11.7 Å². The molecule has 0 saturated carbocycles. The second kappa shape index (κ2) is 7.75. The maximum absolute atomic E-state index is 12.9. The second-order valence-corrected chi connectivity index (χ2v) is 6.03. The fourth-order valence-electron chi connectivity index (χ4n) is 2.38. The number of nitrogens with zero attached hydrogens (tertiary/aromatic N) is 4. The van der Waals surface area contributed by atoms with Crippen LogP contribution in [0, 0.1) is 5.82 Å². The highest BCUT2D eigenvalue weighted by atomic mass is 19.4. The van der Waals surface area contributed by atoms with Gasteiger partial charge < -0.3 is 5.32 Å². The van der Waals surface area contributed by atoms with E-state index in [1.165, 1.54) is 31.2 Å². The summed E-state index contributed by atoms with van der Waals surface area (Å²) >= 11 is 0. The van der Waals surface area contributed by atoms with Gasteiger partial charge in [0, 0.05) is 12.1 Å². The van der Waals surface area contributed by atoms with Crippen molar-refractivity contribution in [2.45, 2.75) is 25.7 Å². The second-order valence-electron chi connectivity index (χ2n) is 6.03. The molecule has 3 aromatic rings. The molecule has 0 spiro atoms. The minimum Gasteiger partial charge on any atom is -0.350 e. The zero-order chi connectivity index (χ0) is 20.3. The number of benzene rings is 2. The first-order chi connectivity index (χ1) is 13.2. The van der Waals surface area contributed by atoms with Gasteiger partial charge in [-0.05, 0) is 42.0 Å². The van der Waals surface area contributed by atoms with Gasteiger partial charge in [0.15, 0.2) is 0 Å². The fourth-order valence-corrected chi connectivity index (χ4v) is 2.38. The monoisotopic (exact) mass is 393 g/mol. The lowest BCUT2D eigenvalue weighted by Gasteiger charge is -2.11. The molecule has 0 saturated heterocycles. The molecule has 3 rings (SSSR count). The third-order valence-corrected chi connectivity index (χ3v) is 3.98. The molecule has 1 heterocycles. The summed E-state index contributed by atoms with van der Waals surface area (Å²) in [5, 5.41) is 14.2. The van der Waals surface area contributed by atoms with Crippen molar-refractivity contribution in [3.63, 3.8) is 0 Å². The van der Waals surface area contributed by atoms with E-state index in [-0.39, 0.29) is 23.7 Å². The maximum Gasteiger partial charge on any atom is 0.416 e. The number of nitrogens with one attached hydrogen (secondary N) is 1. The molecule has 0 aliphatic rings. The summed E-state index contributed by atoms with van der Waals surface area (Å²) in [6, 6.07) is 9.34. The van der Waals surface area contributed by atoms with Gasteiger partial charge in [-0.3, -0.25) is 4.79 Å². The van der Waals surface area contributed by atoms with E-state index in [4.69, 9.17) is 0 Å². The largest absolute Gasteiger partial charge is 0.416 e. The van der Waals surface area contributed by atoms with Gasteiger partial charge >= 0.3 is 6.18 Å². The van der Waals surface area contributed by atoms with Crippen LogP contribution < -0.4 is 5.32 Å². The quantitative estimate of drug-likeness (QED) is 0.675. The molecular formula is C18H15F4N5O. The lowest BCUT2D eigenvalue weighted by Crippen LogP contribution is -2.31. The summed E-state index contributed by atoms with van der Waals surface area (Å²) in [5.41, 5.74) is 0.0181. The molecule has 6 nitrogen and oxygen atoms in total. The molecule has 1 aromatic heterocycles. The number of hydrogen-bond acceptors (Lipinski definition) is 4. The van der Waals surface area contributed by atoms with Crippen LogP contribution in [0.2, 0.25) is 0 Å². The maximum atomic E-state index is 12.9. The summed E-state index contributed by atoms with van der Waals surface area (Å²) in [5.74, 6) is -0.820. The molecular weight excluding hydrogens is 378 g/mol. The lowest BCUT2D eigenvalue weighted by atomic mass is 10.1. The minimum absolute atomic E-state index is 0.0238. The molecule has 2 aromatic carbocycles. The average Bonchev–Trinajstić information content (AvgIpc) is 3.16. The normalized spacial score (nSPS) is 12.6. The number of hydrogen-bond donors (Lipinski definition) is 1. The van der Waals surface area contributed by atoms with E-state index in [0.717, 1.165) is 16.9 Å². The van der Waals surface area contributed by atoms with Crippen molar-refractivity contribution in [3.8, 4) is 11.4 Å². The molecule has 0 radical (unpaired) electrons. The van der Waals surface area contributed by atoms with E-state index >= 15 is 0 Å². The van der Waals surface area contributed by atoms with E-state index in [1.54, 1.807) is 12.1 Å². The van der Waals surface area contributed by atoms with Crippen LogP contribution in [-0.4, -0.2) is 26.1 Å². The Balaban J connectivity index is 1.69. The summed E-state index contributed by atoms with van der Waals surface area (Å²) < 4.78 is 51.4. The van der Waals surface area contributed by atoms with Gasteiger partial charge in [0.25, 0.3) is 0 Å². The van der Waals surface area contributed by atoms with Crippen LogP contribution in [0.25, 0.3) is 11.4 Å². The lowest BCUT2D eigenvalue weighted by molar-refractivity contribution is -0.137. The van der Waals surface area contributed by atoms with Crippen LogP contribution >= 0.6 is 0 Å². The zero-order valence-electron chi connectivity index (χ0n) is 14.6. The minimum atomic E-state index is -4.49. The number of amides is 1. The van der Waals surface area contributed by atoms with Crippen molar-refractivity contribution >= 4 is 5.91 Å². The molecule has 10 heteroatoms. The van der Waals surface area contributed by atoms with Crippen LogP contribution in [0.5, 0.6) is 0 Å². The summed E-state index contributed by atoms with van der Waals surface area (Å²) in [7, 11) is 0. The highest BCUT2D eigenvalue weighted by Gasteiger charge is 2.31. The molecule has 0 bridgehead atoms. The molecule has 0 fully saturated rings. The van der Waals surface area contributed by atoms with Crippen molar-refractivity contribution in [1.82, 2.24) is 25.5 Å². The van der Waals surface area contributed by atoms with Gasteiger partial charge in [-0.25, -0.2) is 4.39 Å². The van der Waals surface area contributed by atoms with Crippen LogP contribution in [0.3, 0.4) is 0 Å². The first-order valence-corrected chi connectivity index (χ1v) is 8.23. The number of aromatic nitrogens is 4. The highest BCUT2D eigenvalue weighted by Crippen LogP contribution is 2.31. The predicted octanol–water partition coefficient (Wildman–Crippen LogP) is 3.38. The SMILES string of the molecule is C[C@@H](C(=O)NCc1ccc(F)cc1)n1nnc(-c2cccc(C(F)(F)F)c2)n1. The summed E-state index contributed by atoms with van der Waals surface area (Å²) in [6.45, 7) is 1.70. The molecule has 1 N–H and O–H groups in total. The van der Waals surface area contributed by atoms with Crippen molar-refractivity contribution in [2.75, 3.05) is 0 Å². The summed E-state index contributed by atoms with van der Waals surface area (Å²) in [4.78, 5) is 13.3. The van der Waals surface area contributed by atoms with Crippen LogP contribution in [0.15, 0.2) is 48.5 Å². The average molecular weight is 393 g/mol. The Morgan fingerprint density at radius 1 is 1.18 bits per heavy atom. The smallest absolute Gasteiger partial charge is 0.350 e. The standard InChI is InChI=1S/C18H15F4N5O/c1-11(17(28)23-10-12-5-7-15(19)8-6-12)27-25-16(24-26-27)13-3-2-4-14(9-13)18(20,21)22/h2-9,11H,10H2,1H3,(H,23,28)/t11-/m0/s1. The van der Waals surface area contributed by atoms with Gasteiger partial charge in [-0.2, -0.15) is 18.0 Å². The van der Waals surface area contributed by atoms with E-state index in [9.17, 15) is 22.4 Å². The van der Waals surface area contributed by atoms with Crippen LogP contribution in [0.1, 0.15) is 24.1 Å². The van der Waals surface area contributed by atoms with Crippen molar-refractivity contribution < 1.29 is 22.4 Å². The van der Waals surface area contributed by atoms with Crippen molar-refractivity contribution in [2.24, 2.45) is 0 Å². The molecule has 0 unspecified atom stereocenters. The molecule has 0 aliphatic heterocycles. The third kappa shape index (κ3) is 4.51. The van der Waals surface area contributed by atoms with Gasteiger partial charge in [0.05, 0.1) is 5.56 Å². The highest BCUT2D eigenvalue weighted by molar-refractivity contribution is 5.79. The van der Waals surface area contributed by atoms with Crippen molar-refractivity contribution in [1.29, 1.82) is 0 Å². The Morgan fingerprint density at radius 3 is 2.57 bits per heavy atom. The van der Waals surface area contributed by atoms with Crippen molar-refractivity contribution in [3.05, 3.63) is 65.5 Å². The summed E-state index contributed by atoms with van der Waals surface area (Å²) in [6.07, 6.45) is -4.49. The topological polar surface area (TPSA) is 72.7 Å². The molecule has 0 aliphatic carbocycles. The number of halogens is 4. The number of tetrazole rings is 1. The first kappa shape index (κ1) is 19.5. The van der Waals surface area contributed by atoms with Gasteiger partial charge in [0.1, 0.15) is 11.9 Å². The molecule has 1 atom stereocenters. The Morgan fingerprint density at radius 2 is 1.89 bits per heavy atom. The number of alkyl halides is 3.